The van der Waals surface area contributed by atoms with Crippen LogP contribution in [0.5, 0.6) is 0 Å². The van der Waals surface area contributed by atoms with Crippen molar-refractivity contribution in [2.24, 2.45) is 0 Å². The molecule has 4 heteroatoms. The van der Waals surface area contributed by atoms with Gasteiger partial charge in [0.15, 0.2) is 0 Å². The van der Waals surface area contributed by atoms with Gasteiger partial charge in [0.05, 0.1) is 4.88 Å². The summed E-state index contributed by atoms with van der Waals surface area (Å²) in [6.45, 7) is 6.79. The number of carbonyl (C=O) groups is 1. The van der Waals surface area contributed by atoms with Crippen LogP contribution < -0.4 is 11.1 Å². The zero-order valence-electron chi connectivity index (χ0n) is 12.1. The lowest BCUT2D eigenvalue weighted by atomic mass is 10.0. The van der Waals surface area contributed by atoms with Gasteiger partial charge in [-0.25, -0.2) is 0 Å². The number of nitrogens with one attached hydrogen (secondary N) is 1. The van der Waals surface area contributed by atoms with Crippen molar-refractivity contribution in [2.75, 3.05) is 5.73 Å². The highest BCUT2D eigenvalue weighted by molar-refractivity contribution is 7.14. The molecule has 0 aliphatic rings. The number of hydrogen-bond acceptors (Lipinski definition) is 3. The third kappa shape index (κ3) is 3.39. The van der Waals surface area contributed by atoms with Gasteiger partial charge < -0.3 is 11.1 Å². The zero-order chi connectivity index (χ0) is 14.7. The summed E-state index contributed by atoms with van der Waals surface area (Å²) in [6.07, 6.45) is 0. The first-order valence-electron chi connectivity index (χ1n) is 6.70. The van der Waals surface area contributed by atoms with Crippen LogP contribution in [0.25, 0.3) is 0 Å². The lowest BCUT2D eigenvalue weighted by Crippen LogP contribution is -2.21. The van der Waals surface area contributed by atoms with Crippen molar-refractivity contribution in [3.05, 3.63) is 51.2 Å². The van der Waals surface area contributed by atoms with Gasteiger partial charge in [0.2, 0.25) is 0 Å². The molecule has 0 aliphatic carbocycles. The fourth-order valence-electron chi connectivity index (χ4n) is 1.90. The van der Waals surface area contributed by atoms with E-state index in [1.54, 1.807) is 6.07 Å². The van der Waals surface area contributed by atoms with E-state index < -0.39 is 0 Å². The predicted octanol–water partition coefficient (Wildman–Crippen LogP) is 3.69. The number of aryl methyl sites for hydroxylation is 1. The van der Waals surface area contributed by atoms with Crippen LogP contribution in [0.3, 0.4) is 0 Å². The van der Waals surface area contributed by atoms with E-state index in [0.29, 0.717) is 23.0 Å². The maximum atomic E-state index is 12.0. The number of carbonyl (C=O) groups excluding carboxylic acids is 1. The van der Waals surface area contributed by atoms with E-state index in [4.69, 9.17) is 5.73 Å². The van der Waals surface area contributed by atoms with Crippen LogP contribution in [0, 0.1) is 6.92 Å². The molecule has 0 bridgehead atoms. The van der Waals surface area contributed by atoms with Gasteiger partial charge in [0.1, 0.15) is 0 Å². The number of benzene rings is 1. The van der Waals surface area contributed by atoms with E-state index in [9.17, 15) is 4.79 Å². The molecule has 20 heavy (non-hydrogen) atoms. The molecule has 1 heterocycles. The monoisotopic (exact) mass is 288 g/mol. The van der Waals surface area contributed by atoms with Crippen molar-refractivity contribution in [2.45, 2.75) is 33.2 Å². The summed E-state index contributed by atoms with van der Waals surface area (Å²) in [4.78, 5) is 13.7. The highest BCUT2D eigenvalue weighted by atomic mass is 32.1. The molecule has 106 valence electrons. The van der Waals surface area contributed by atoms with E-state index >= 15 is 0 Å². The fraction of sp³-hybridized carbons (Fsp3) is 0.312. The summed E-state index contributed by atoms with van der Waals surface area (Å²) in [5.74, 6) is 0.457. The summed E-state index contributed by atoms with van der Waals surface area (Å²) in [7, 11) is 0. The van der Waals surface area contributed by atoms with E-state index in [-0.39, 0.29) is 5.91 Å². The van der Waals surface area contributed by atoms with Gasteiger partial charge in [-0.1, -0.05) is 38.1 Å². The quantitative estimate of drug-likeness (QED) is 0.901. The lowest BCUT2D eigenvalue weighted by molar-refractivity contribution is 0.0955. The summed E-state index contributed by atoms with van der Waals surface area (Å²) < 4.78 is 0. The number of nitrogen functional groups attached to an aromatic ring is 1. The van der Waals surface area contributed by atoms with E-state index in [1.165, 1.54) is 16.9 Å². The van der Waals surface area contributed by atoms with E-state index in [2.05, 4.69) is 43.4 Å². The van der Waals surface area contributed by atoms with Crippen LogP contribution in [-0.4, -0.2) is 5.91 Å². The molecule has 3 N–H and O–H groups in total. The van der Waals surface area contributed by atoms with Crippen LogP contribution in [0.4, 0.5) is 5.69 Å². The van der Waals surface area contributed by atoms with Gasteiger partial charge >= 0.3 is 0 Å². The molecular formula is C16H20N2OS. The number of amides is 1. The average Bonchev–Trinajstić information content (AvgIpc) is 2.76. The number of thiophene rings is 1. The molecule has 0 fully saturated rings. The molecule has 3 nitrogen and oxygen atoms in total. The van der Waals surface area contributed by atoms with E-state index in [0.717, 1.165) is 10.4 Å². The van der Waals surface area contributed by atoms with E-state index in [1.807, 2.05) is 6.92 Å². The highest BCUT2D eigenvalue weighted by Gasteiger charge is 2.10. The highest BCUT2D eigenvalue weighted by Crippen LogP contribution is 2.23. The maximum Gasteiger partial charge on any atom is 0.261 e. The topological polar surface area (TPSA) is 55.1 Å². The Balaban J connectivity index is 1.96. The van der Waals surface area contributed by atoms with Crippen molar-refractivity contribution in [3.63, 3.8) is 0 Å². The Hall–Kier alpha value is -1.81. The largest absolute Gasteiger partial charge is 0.398 e. The average molecular weight is 288 g/mol. The minimum atomic E-state index is -0.0669. The van der Waals surface area contributed by atoms with Crippen LogP contribution in [0.15, 0.2) is 30.3 Å². The molecule has 2 aromatic rings. The predicted molar refractivity (Wildman–Crippen MR) is 85.2 cm³/mol. The number of nitrogens with two attached hydrogens (primary N) is 1. The van der Waals surface area contributed by atoms with Crippen molar-refractivity contribution < 1.29 is 4.79 Å². The minimum absolute atomic E-state index is 0.0669. The molecule has 1 aromatic heterocycles. The smallest absolute Gasteiger partial charge is 0.261 e. The molecule has 0 unspecified atom stereocenters. The van der Waals surface area contributed by atoms with Gasteiger partial charge in [-0.2, -0.15) is 0 Å². The maximum absolute atomic E-state index is 12.0. The molecular weight excluding hydrogens is 268 g/mol. The van der Waals surface area contributed by atoms with Crippen LogP contribution in [0.1, 0.15) is 45.4 Å². The van der Waals surface area contributed by atoms with Crippen LogP contribution >= 0.6 is 11.3 Å². The summed E-state index contributed by atoms with van der Waals surface area (Å²) in [6, 6.07) is 10.1. The first kappa shape index (κ1) is 14.6. The number of anilines is 1. The Morgan fingerprint density at radius 3 is 2.45 bits per heavy atom. The van der Waals surface area contributed by atoms with Crippen LogP contribution in [0.2, 0.25) is 0 Å². The Morgan fingerprint density at radius 1 is 1.30 bits per heavy atom. The molecule has 0 aliphatic heterocycles. The number of hydrogen-bond donors (Lipinski definition) is 2. The molecule has 0 saturated heterocycles. The molecule has 0 atom stereocenters. The van der Waals surface area contributed by atoms with Gasteiger partial charge in [0.25, 0.3) is 5.91 Å². The standard InChI is InChI=1S/C16H20N2OS/c1-10(2)13-6-4-12(5-7-13)9-18-16(19)15-8-14(17)11(3)20-15/h4-8,10H,9,17H2,1-3H3,(H,18,19). The summed E-state index contributed by atoms with van der Waals surface area (Å²) in [5.41, 5.74) is 8.85. The molecule has 0 saturated carbocycles. The molecule has 0 spiro atoms. The first-order chi connectivity index (χ1) is 9.47. The lowest BCUT2D eigenvalue weighted by Gasteiger charge is -2.07. The fourth-order valence-corrected chi connectivity index (χ4v) is 2.76. The molecule has 0 radical (unpaired) electrons. The third-order valence-corrected chi connectivity index (χ3v) is 4.34. The zero-order valence-corrected chi connectivity index (χ0v) is 12.9. The number of rotatable bonds is 4. The Morgan fingerprint density at radius 2 is 1.95 bits per heavy atom. The van der Waals surface area contributed by atoms with Crippen LogP contribution in [-0.2, 0) is 6.54 Å². The molecule has 2 rings (SSSR count). The summed E-state index contributed by atoms with van der Waals surface area (Å²) >= 11 is 1.43. The second-order valence-corrected chi connectivity index (χ2v) is 6.46. The molecule has 1 aromatic carbocycles. The van der Waals surface area contributed by atoms with Gasteiger partial charge in [-0.3, -0.25) is 4.79 Å². The van der Waals surface area contributed by atoms with Crippen molar-refractivity contribution in [1.82, 2.24) is 5.32 Å². The first-order valence-corrected chi connectivity index (χ1v) is 7.52. The van der Waals surface area contributed by atoms with Gasteiger partial charge in [0, 0.05) is 17.1 Å². The third-order valence-electron chi connectivity index (χ3n) is 3.28. The Labute approximate surface area is 123 Å². The van der Waals surface area contributed by atoms with Crippen molar-refractivity contribution in [1.29, 1.82) is 0 Å². The molecule has 1 amide bonds. The Bertz CT molecular complexity index is 580. The SMILES string of the molecule is Cc1sc(C(=O)NCc2ccc(C(C)C)cc2)cc1N. The van der Waals surface area contributed by atoms with Crippen molar-refractivity contribution in [3.8, 4) is 0 Å². The normalized spacial score (nSPS) is 10.8. The second-order valence-electron chi connectivity index (χ2n) is 5.20. The van der Waals surface area contributed by atoms with Crippen molar-refractivity contribution >= 4 is 22.9 Å². The van der Waals surface area contributed by atoms with Gasteiger partial charge in [-0.05, 0) is 30.0 Å². The van der Waals surface area contributed by atoms with Gasteiger partial charge in [-0.15, -0.1) is 11.3 Å². The minimum Gasteiger partial charge on any atom is -0.398 e. The summed E-state index contributed by atoms with van der Waals surface area (Å²) in [5, 5.41) is 2.92. The second kappa shape index (κ2) is 6.09. The Kier molecular flexibility index (Phi) is 4.45.